The lowest BCUT2D eigenvalue weighted by Crippen LogP contribution is -2.35. The Morgan fingerprint density at radius 1 is 1.19 bits per heavy atom. The molecule has 12 heteroatoms. The number of hydrogen-bond acceptors (Lipinski definition) is 9. The molecule has 3 heterocycles. The Hall–Kier alpha value is -3.38. The maximum absolute atomic E-state index is 12.5. The van der Waals surface area contributed by atoms with Crippen molar-refractivity contribution in [3.8, 4) is 5.75 Å². The first kappa shape index (κ1) is 20.5. The fourth-order valence-electron chi connectivity index (χ4n) is 3.41. The predicted octanol–water partition coefficient (Wildman–Crippen LogP) is 1.67. The second-order valence-corrected chi connectivity index (χ2v) is 9.91. The molecule has 32 heavy (non-hydrogen) atoms. The molecular weight excluding hydrogens is 458 g/mol. The highest BCUT2D eigenvalue weighted by molar-refractivity contribution is 8.15. The molecule has 1 amide bonds. The third-order valence-corrected chi connectivity index (χ3v) is 7.28. The highest BCUT2D eigenvalue weighted by Gasteiger charge is 2.33. The number of carbonyl (C=O) groups is 3. The number of thioether (sulfide) groups is 1. The number of nitrogens with one attached hydrogen (secondary N) is 1. The summed E-state index contributed by atoms with van der Waals surface area (Å²) in [6, 6.07) is 9.42. The minimum absolute atomic E-state index is 0.0685. The molecule has 0 bridgehead atoms. The van der Waals surface area contributed by atoms with Crippen LogP contribution in [0.4, 0.5) is 11.4 Å². The van der Waals surface area contributed by atoms with Crippen LogP contribution in [-0.2, 0) is 19.6 Å². The van der Waals surface area contributed by atoms with Gasteiger partial charge in [0, 0.05) is 17.0 Å². The lowest BCUT2D eigenvalue weighted by Gasteiger charge is -2.22. The largest absolute Gasteiger partial charge is 0.482 e. The minimum atomic E-state index is -3.47. The fourth-order valence-corrected chi connectivity index (χ4v) is 5.71. The lowest BCUT2D eigenvalue weighted by atomic mass is 10.1. The van der Waals surface area contributed by atoms with Crippen LogP contribution >= 0.6 is 11.8 Å². The molecule has 0 aromatic heterocycles. The zero-order chi connectivity index (χ0) is 22.5. The van der Waals surface area contributed by atoms with Gasteiger partial charge in [-0.05, 0) is 48.2 Å². The Labute approximate surface area is 186 Å². The summed E-state index contributed by atoms with van der Waals surface area (Å²) in [5, 5.41) is 2.98. The number of esters is 1. The van der Waals surface area contributed by atoms with Gasteiger partial charge in [-0.3, -0.25) is 9.59 Å². The zero-order valence-electron chi connectivity index (χ0n) is 16.4. The average molecular weight is 473 g/mol. The number of ether oxygens (including phenoxy) is 2. The third kappa shape index (κ3) is 3.82. The molecule has 3 aliphatic heterocycles. The van der Waals surface area contributed by atoms with E-state index in [0.29, 0.717) is 28.0 Å². The van der Waals surface area contributed by atoms with Crippen molar-refractivity contribution in [3.63, 3.8) is 0 Å². The predicted molar refractivity (Wildman–Crippen MR) is 116 cm³/mol. The number of fused-ring (bicyclic) bond motifs is 4. The number of rotatable bonds is 4. The molecule has 0 unspecified atom stereocenters. The van der Waals surface area contributed by atoms with Gasteiger partial charge in [-0.15, -0.1) is 4.40 Å². The Morgan fingerprint density at radius 2 is 2.00 bits per heavy atom. The first-order valence-corrected chi connectivity index (χ1v) is 11.9. The van der Waals surface area contributed by atoms with Gasteiger partial charge >= 0.3 is 5.97 Å². The molecule has 0 aliphatic carbocycles. The highest BCUT2D eigenvalue weighted by atomic mass is 32.2. The van der Waals surface area contributed by atoms with Gasteiger partial charge in [0.15, 0.2) is 24.2 Å². The van der Waals surface area contributed by atoms with Crippen LogP contribution in [0.2, 0.25) is 0 Å². The van der Waals surface area contributed by atoms with Crippen molar-refractivity contribution in [3.05, 3.63) is 47.5 Å². The summed E-state index contributed by atoms with van der Waals surface area (Å²) < 4.78 is 37.6. The van der Waals surface area contributed by atoms with E-state index in [1.807, 2.05) is 0 Å². The molecular formula is C20H15N3O7S2. The maximum Gasteiger partial charge on any atom is 0.338 e. The number of carbonyl (C=O) groups excluding carboxylic acids is 3. The number of benzene rings is 2. The Balaban J connectivity index is 1.26. The van der Waals surface area contributed by atoms with Gasteiger partial charge in [0.05, 0.1) is 22.7 Å². The number of amidine groups is 1. The normalized spacial score (nSPS) is 17.8. The summed E-state index contributed by atoms with van der Waals surface area (Å²) in [4.78, 5) is 38.8. The van der Waals surface area contributed by atoms with Gasteiger partial charge in [0.25, 0.3) is 15.9 Å². The third-order valence-electron chi connectivity index (χ3n) is 4.98. The Morgan fingerprint density at radius 3 is 2.84 bits per heavy atom. The molecule has 10 nitrogen and oxygen atoms in total. The second kappa shape index (κ2) is 7.64. The van der Waals surface area contributed by atoms with E-state index in [1.54, 1.807) is 29.2 Å². The summed E-state index contributed by atoms with van der Waals surface area (Å²) in [6.07, 6.45) is 0. The van der Waals surface area contributed by atoms with Crippen molar-refractivity contribution >= 4 is 56.0 Å². The van der Waals surface area contributed by atoms with E-state index >= 15 is 0 Å². The van der Waals surface area contributed by atoms with E-state index in [4.69, 9.17) is 9.47 Å². The lowest BCUT2D eigenvalue weighted by molar-refractivity contribution is -0.118. The summed E-state index contributed by atoms with van der Waals surface area (Å²) >= 11 is 1.16. The highest BCUT2D eigenvalue weighted by Crippen LogP contribution is 2.42. The smallest absolute Gasteiger partial charge is 0.338 e. The molecule has 2 aromatic carbocycles. The molecule has 0 radical (unpaired) electrons. The molecule has 3 aliphatic rings. The van der Waals surface area contributed by atoms with E-state index in [1.165, 1.54) is 12.1 Å². The van der Waals surface area contributed by atoms with Crippen molar-refractivity contribution in [2.75, 3.05) is 35.7 Å². The van der Waals surface area contributed by atoms with Crippen molar-refractivity contribution in [2.45, 2.75) is 4.90 Å². The van der Waals surface area contributed by atoms with Crippen molar-refractivity contribution in [1.82, 2.24) is 0 Å². The summed E-state index contributed by atoms with van der Waals surface area (Å²) in [6.45, 7) is -0.267. The van der Waals surface area contributed by atoms with E-state index in [2.05, 4.69) is 9.71 Å². The number of anilines is 2. The number of ketones is 1. The van der Waals surface area contributed by atoms with Gasteiger partial charge in [0.1, 0.15) is 5.75 Å². The van der Waals surface area contributed by atoms with Gasteiger partial charge in [-0.25, -0.2) is 13.2 Å². The monoisotopic (exact) mass is 473 g/mol. The van der Waals surface area contributed by atoms with Crippen LogP contribution in [0.5, 0.6) is 5.75 Å². The van der Waals surface area contributed by atoms with E-state index in [9.17, 15) is 22.8 Å². The van der Waals surface area contributed by atoms with Crippen LogP contribution in [0.3, 0.4) is 0 Å². The summed E-state index contributed by atoms with van der Waals surface area (Å²) in [5.74, 6) is -1.05. The summed E-state index contributed by atoms with van der Waals surface area (Å²) in [7, 11) is -3.47. The number of nitrogens with zero attached hydrogens (tertiary/aromatic N) is 2. The Bertz CT molecular complexity index is 1320. The van der Waals surface area contributed by atoms with Gasteiger partial charge in [-0.1, -0.05) is 0 Å². The first-order chi connectivity index (χ1) is 15.3. The molecule has 0 saturated carbocycles. The summed E-state index contributed by atoms with van der Waals surface area (Å²) in [5.41, 5.74) is 1.66. The topological polar surface area (TPSA) is 131 Å². The van der Waals surface area contributed by atoms with Crippen LogP contribution < -0.4 is 15.0 Å². The molecule has 0 atom stereocenters. The van der Waals surface area contributed by atoms with Crippen LogP contribution in [0.25, 0.3) is 0 Å². The van der Waals surface area contributed by atoms with Crippen molar-refractivity contribution in [1.29, 1.82) is 0 Å². The van der Waals surface area contributed by atoms with Crippen LogP contribution in [-0.4, -0.2) is 56.8 Å². The number of hydrogen-bond donors (Lipinski definition) is 1. The molecule has 0 saturated heterocycles. The van der Waals surface area contributed by atoms with Crippen LogP contribution in [0, 0.1) is 0 Å². The van der Waals surface area contributed by atoms with Gasteiger partial charge in [-0.2, -0.15) is 0 Å². The second-order valence-electron chi connectivity index (χ2n) is 7.14. The van der Waals surface area contributed by atoms with Crippen molar-refractivity contribution < 1.29 is 32.3 Å². The van der Waals surface area contributed by atoms with E-state index < -0.39 is 28.4 Å². The molecule has 0 spiro atoms. The minimum Gasteiger partial charge on any atom is -0.482 e. The number of sulfonamides is 1. The van der Waals surface area contributed by atoms with Crippen LogP contribution in [0.15, 0.2) is 45.7 Å². The van der Waals surface area contributed by atoms with E-state index in [-0.39, 0.29) is 29.4 Å². The SMILES string of the molecule is O=C1COc2ccc(C(=O)COC(=O)c3ccc4c(c3)SC3=NS(=O)(=O)CCN34)cc2N1. The van der Waals surface area contributed by atoms with Gasteiger partial charge in [0.2, 0.25) is 0 Å². The quantitative estimate of drug-likeness (QED) is 0.520. The van der Waals surface area contributed by atoms with Crippen LogP contribution in [0.1, 0.15) is 20.7 Å². The molecule has 5 rings (SSSR count). The standard InChI is InChI=1S/C20H15N3O7S2/c24-15(11-2-4-16-13(7-11)21-18(25)10-29-16)9-30-19(26)12-1-3-14-17(8-12)31-20-22-32(27,28)6-5-23(14)20/h1-4,7-8H,5-6,9-10H2,(H,21,25). The van der Waals surface area contributed by atoms with E-state index in [0.717, 1.165) is 17.4 Å². The Kier molecular flexibility index (Phi) is 4.90. The average Bonchev–Trinajstić information content (AvgIpc) is 3.11. The fraction of sp³-hybridized carbons (Fsp3) is 0.200. The number of amides is 1. The van der Waals surface area contributed by atoms with Crippen molar-refractivity contribution in [2.24, 2.45) is 4.40 Å². The molecule has 2 aromatic rings. The maximum atomic E-state index is 12.5. The molecule has 1 N–H and O–H groups in total. The zero-order valence-corrected chi connectivity index (χ0v) is 18.0. The molecule has 0 fully saturated rings. The van der Waals surface area contributed by atoms with Gasteiger partial charge < -0.3 is 19.7 Å². The molecule has 164 valence electrons. The number of Topliss-reactive ketones (excluding diaryl/α,β-unsaturated/α-hetero) is 1. The first-order valence-electron chi connectivity index (χ1n) is 9.48.